The van der Waals surface area contributed by atoms with Crippen molar-refractivity contribution in [3.8, 4) is 5.69 Å². The molecule has 0 saturated carbocycles. The van der Waals surface area contributed by atoms with Gasteiger partial charge in [-0.1, -0.05) is 18.2 Å². The number of benzene rings is 2. The van der Waals surface area contributed by atoms with Gasteiger partial charge in [0.05, 0.1) is 24.2 Å². The van der Waals surface area contributed by atoms with Crippen LogP contribution in [0.5, 0.6) is 0 Å². The van der Waals surface area contributed by atoms with E-state index in [1.807, 2.05) is 30.5 Å². The van der Waals surface area contributed by atoms with Crippen molar-refractivity contribution in [2.24, 2.45) is 0 Å². The van der Waals surface area contributed by atoms with Gasteiger partial charge < -0.3 is 4.74 Å². The lowest BCUT2D eigenvalue weighted by Gasteiger charge is -2.04. The molecule has 6 nitrogen and oxygen atoms in total. The standard InChI is InChI=1S/C19H16N2O4/c1-2-25-19(24)18(23)11-17(22)13-7-9-15(10-8-13)21-12-14-5-3-4-6-16(14)20-21/h3-10,12H,2,11H2,1H3. The molecule has 1 heterocycles. The normalized spacial score (nSPS) is 10.6. The lowest BCUT2D eigenvalue weighted by molar-refractivity contribution is -0.153. The fourth-order valence-corrected chi connectivity index (χ4v) is 2.43. The van der Waals surface area contributed by atoms with Crippen molar-refractivity contribution >= 4 is 28.4 Å². The van der Waals surface area contributed by atoms with E-state index in [1.54, 1.807) is 35.9 Å². The Hall–Kier alpha value is -3.28. The number of fused-ring (bicyclic) bond motifs is 1. The fraction of sp³-hybridized carbons (Fsp3) is 0.158. The molecule has 3 rings (SSSR count). The zero-order valence-corrected chi connectivity index (χ0v) is 13.6. The van der Waals surface area contributed by atoms with Crippen LogP contribution < -0.4 is 0 Å². The minimum Gasteiger partial charge on any atom is -0.460 e. The highest BCUT2D eigenvalue weighted by molar-refractivity contribution is 6.38. The van der Waals surface area contributed by atoms with Crippen LogP contribution in [0.25, 0.3) is 16.6 Å². The van der Waals surface area contributed by atoms with Crippen LogP contribution in [-0.4, -0.2) is 33.9 Å². The number of Topliss-reactive ketones (excluding diaryl/α,β-unsaturated/α-hetero) is 2. The monoisotopic (exact) mass is 336 g/mol. The molecule has 0 spiro atoms. The molecule has 0 aliphatic rings. The lowest BCUT2D eigenvalue weighted by atomic mass is 10.1. The number of ether oxygens (including phenoxy) is 1. The van der Waals surface area contributed by atoms with Gasteiger partial charge in [0, 0.05) is 17.1 Å². The van der Waals surface area contributed by atoms with Gasteiger partial charge in [-0.3, -0.25) is 9.59 Å². The predicted molar refractivity (Wildman–Crippen MR) is 91.7 cm³/mol. The first kappa shape index (κ1) is 16.6. The second-order valence-corrected chi connectivity index (χ2v) is 5.42. The van der Waals surface area contributed by atoms with E-state index in [2.05, 4.69) is 9.84 Å². The number of carbonyl (C=O) groups excluding carboxylic acids is 3. The first-order valence-corrected chi connectivity index (χ1v) is 7.86. The molecule has 0 unspecified atom stereocenters. The van der Waals surface area contributed by atoms with Gasteiger partial charge in [0.2, 0.25) is 5.78 Å². The minimum absolute atomic E-state index is 0.103. The largest absolute Gasteiger partial charge is 0.460 e. The van der Waals surface area contributed by atoms with E-state index in [4.69, 9.17) is 0 Å². The number of hydrogen-bond acceptors (Lipinski definition) is 5. The Bertz CT molecular complexity index is 908. The average molecular weight is 336 g/mol. The third kappa shape index (κ3) is 3.63. The maximum atomic E-state index is 12.1. The third-order valence-electron chi connectivity index (χ3n) is 3.69. The summed E-state index contributed by atoms with van der Waals surface area (Å²) in [4.78, 5) is 35.0. The van der Waals surface area contributed by atoms with Crippen LogP contribution in [0.4, 0.5) is 0 Å². The molecule has 0 saturated heterocycles. The second kappa shape index (κ2) is 7.09. The number of esters is 1. The van der Waals surface area contributed by atoms with E-state index in [-0.39, 0.29) is 6.61 Å². The number of hydrogen-bond donors (Lipinski definition) is 0. The Morgan fingerprint density at radius 1 is 1.04 bits per heavy atom. The van der Waals surface area contributed by atoms with E-state index in [0.717, 1.165) is 16.6 Å². The van der Waals surface area contributed by atoms with Crippen molar-refractivity contribution in [1.82, 2.24) is 9.78 Å². The van der Waals surface area contributed by atoms with Crippen LogP contribution in [0.1, 0.15) is 23.7 Å². The number of nitrogens with zero attached hydrogens (tertiary/aromatic N) is 2. The van der Waals surface area contributed by atoms with Gasteiger partial charge >= 0.3 is 5.97 Å². The molecule has 0 aliphatic heterocycles. The van der Waals surface area contributed by atoms with Crippen LogP contribution in [0.15, 0.2) is 54.7 Å². The van der Waals surface area contributed by atoms with E-state index in [9.17, 15) is 14.4 Å². The zero-order chi connectivity index (χ0) is 17.8. The van der Waals surface area contributed by atoms with Crippen LogP contribution in [0.2, 0.25) is 0 Å². The smallest absolute Gasteiger partial charge is 0.375 e. The summed E-state index contributed by atoms with van der Waals surface area (Å²) >= 11 is 0. The summed E-state index contributed by atoms with van der Waals surface area (Å²) in [6.07, 6.45) is 1.40. The SMILES string of the molecule is CCOC(=O)C(=O)CC(=O)c1ccc(-n2cc3ccccc3n2)cc1. The minimum atomic E-state index is -0.976. The quantitative estimate of drug-likeness (QED) is 0.299. The van der Waals surface area contributed by atoms with Gasteiger partial charge in [0.15, 0.2) is 5.78 Å². The van der Waals surface area contributed by atoms with Gasteiger partial charge in [-0.25, -0.2) is 9.48 Å². The van der Waals surface area contributed by atoms with Gasteiger partial charge in [-0.2, -0.15) is 5.10 Å². The summed E-state index contributed by atoms with van der Waals surface area (Å²) in [7, 11) is 0. The summed E-state index contributed by atoms with van der Waals surface area (Å²) in [5.74, 6) is -2.24. The van der Waals surface area contributed by atoms with Crippen molar-refractivity contribution in [3.63, 3.8) is 0 Å². The van der Waals surface area contributed by atoms with E-state index in [1.165, 1.54) is 0 Å². The molecular formula is C19H16N2O4. The molecular weight excluding hydrogens is 320 g/mol. The fourth-order valence-electron chi connectivity index (χ4n) is 2.43. The van der Waals surface area contributed by atoms with Gasteiger partial charge in [0.1, 0.15) is 0 Å². The molecule has 1 aromatic heterocycles. The molecule has 126 valence electrons. The van der Waals surface area contributed by atoms with Crippen LogP contribution in [-0.2, 0) is 14.3 Å². The van der Waals surface area contributed by atoms with Crippen molar-refractivity contribution in [1.29, 1.82) is 0 Å². The molecule has 0 aliphatic carbocycles. The maximum Gasteiger partial charge on any atom is 0.375 e. The van der Waals surface area contributed by atoms with Crippen LogP contribution in [0, 0.1) is 0 Å². The summed E-state index contributed by atoms with van der Waals surface area (Å²) in [5, 5.41) is 5.48. The Morgan fingerprint density at radius 2 is 1.76 bits per heavy atom. The van der Waals surface area contributed by atoms with Crippen molar-refractivity contribution in [2.45, 2.75) is 13.3 Å². The first-order chi connectivity index (χ1) is 12.1. The number of carbonyl (C=O) groups is 3. The van der Waals surface area contributed by atoms with E-state index in [0.29, 0.717) is 5.56 Å². The molecule has 6 heteroatoms. The predicted octanol–water partition coefficient (Wildman–Crippen LogP) is 2.73. The van der Waals surface area contributed by atoms with Gasteiger partial charge in [-0.15, -0.1) is 0 Å². The van der Waals surface area contributed by atoms with Gasteiger partial charge in [-0.05, 0) is 37.3 Å². The van der Waals surface area contributed by atoms with Crippen molar-refractivity contribution < 1.29 is 19.1 Å². The summed E-state index contributed by atoms with van der Waals surface area (Å²) < 4.78 is 6.32. The third-order valence-corrected chi connectivity index (χ3v) is 3.69. The molecule has 0 amide bonds. The molecule has 0 atom stereocenters. The summed E-state index contributed by atoms with van der Waals surface area (Å²) in [6.45, 7) is 1.70. The topological polar surface area (TPSA) is 78.3 Å². The Kier molecular flexibility index (Phi) is 4.70. The highest BCUT2D eigenvalue weighted by Crippen LogP contribution is 2.16. The number of aromatic nitrogens is 2. The molecule has 0 N–H and O–H groups in total. The van der Waals surface area contributed by atoms with Gasteiger partial charge in [0.25, 0.3) is 0 Å². The van der Waals surface area contributed by atoms with Crippen LogP contribution in [0.3, 0.4) is 0 Å². The summed E-state index contributed by atoms with van der Waals surface area (Å²) in [5.41, 5.74) is 2.03. The lowest BCUT2D eigenvalue weighted by Crippen LogP contribution is -2.20. The highest BCUT2D eigenvalue weighted by atomic mass is 16.5. The maximum absolute atomic E-state index is 12.1. The Balaban J connectivity index is 1.74. The van der Waals surface area contributed by atoms with Crippen LogP contribution >= 0.6 is 0 Å². The molecule has 0 bridgehead atoms. The molecule has 25 heavy (non-hydrogen) atoms. The Labute approximate surface area is 144 Å². The van der Waals surface area contributed by atoms with E-state index >= 15 is 0 Å². The molecule has 0 radical (unpaired) electrons. The van der Waals surface area contributed by atoms with E-state index < -0.39 is 24.0 Å². The van der Waals surface area contributed by atoms with Crippen molar-refractivity contribution in [3.05, 3.63) is 60.3 Å². The van der Waals surface area contributed by atoms with Crippen molar-refractivity contribution in [2.75, 3.05) is 6.61 Å². The summed E-state index contributed by atoms with van der Waals surface area (Å²) in [6, 6.07) is 14.5. The first-order valence-electron chi connectivity index (χ1n) is 7.86. The highest BCUT2D eigenvalue weighted by Gasteiger charge is 2.19. The molecule has 0 fully saturated rings. The second-order valence-electron chi connectivity index (χ2n) is 5.42. The number of rotatable bonds is 6. The average Bonchev–Trinajstić information content (AvgIpc) is 3.06. The Morgan fingerprint density at radius 3 is 2.44 bits per heavy atom. The molecule has 3 aromatic rings. The molecule has 2 aromatic carbocycles. The number of ketones is 2. The zero-order valence-electron chi connectivity index (χ0n) is 13.6.